The van der Waals surface area contributed by atoms with Crippen LogP contribution in [0.25, 0.3) is 0 Å². The van der Waals surface area contributed by atoms with Crippen molar-refractivity contribution < 1.29 is 19.5 Å². The van der Waals surface area contributed by atoms with Gasteiger partial charge >= 0.3 is 0 Å². The van der Waals surface area contributed by atoms with E-state index in [1.807, 2.05) is 45.9 Å². The highest BCUT2D eigenvalue weighted by Gasteiger charge is 2.74. The summed E-state index contributed by atoms with van der Waals surface area (Å²) in [7, 11) is 1.60. The number of carbonyl (C=O) groups is 3. The highest BCUT2D eigenvalue weighted by atomic mass is 32.2. The Morgan fingerprint density at radius 1 is 1.30 bits per heavy atom. The Kier molecular flexibility index (Phi) is 6.53. The number of nitrogens with one attached hydrogen (secondary N) is 2. The smallest absolute Gasteiger partial charge is 0.248 e. The Morgan fingerprint density at radius 2 is 2.03 bits per heavy atom. The fourth-order valence-electron chi connectivity index (χ4n) is 6.10. The summed E-state index contributed by atoms with van der Waals surface area (Å²) in [4.78, 5) is 42.4. The predicted molar refractivity (Wildman–Crippen MR) is 130 cm³/mol. The lowest BCUT2D eigenvalue weighted by Gasteiger charge is -2.39. The van der Waals surface area contributed by atoms with Gasteiger partial charge in [0, 0.05) is 18.0 Å². The van der Waals surface area contributed by atoms with Crippen molar-refractivity contribution in [3.05, 3.63) is 29.3 Å². The van der Waals surface area contributed by atoms with Crippen LogP contribution in [0.4, 0.5) is 5.69 Å². The first kappa shape index (κ1) is 24.1. The first-order chi connectivity index (χ1) is 15.7. The Hall–Kier alpha value is -2.06. The van der Waals surface area contributed by atoms with E-state index in [1.54, 1.807) is 23.7 Å². The molecule has 0 aliphatic carbocycles. The van der Waals surface area contributed by atoms with Crippen LogP contribution in [0.5, 0.6) is 0 Å². The maximum atomic E-state index is 14.0. The third kappa shape index (κ3) is 3.66. The van der Waals surface area contributed by atoms with Crippen molar-refractivity contribution in [1.29, 1.82) is 0 Å². The molecule has 1 aromatic carbocycles. The van der Waals surface area contributed by atoms with Gasteiger partial charge in [-0.2, -0.15) is 0 Å². The van der Waals surface area contributed by atoms with Crippen LogP contribution < -0.4 is 10.6 Å². The molecule has 2 unspecified atom stereocenters. The summed E-state index contributed by atoms with van der Waals surface area (Å²) < 4.78 is -0.651. The normalized spacial score (nSPS) is 31.9. The van der Waals surface area contributed by atoms with E-state index >= 15 is 0 Å². The highest BCUT2D eigenvalue weighted by Crippen LogP contribution is 2.66. The predicted octanol–water partition coefficient (Wildman–Crippen LogP) is 2.49. The van der Waals surface area contributed by atoms with Crippen molar-refractivity contribution in [1.82, 2.24) is 10.2 Å². The number of aliphatic hydroxyl groups is 1. The van der Waals surface area contributed by atoms with Gasteiger partial charge in [-0.1, -0.05) is 32.4 Å². The molecule has 3 aliphatic rings. The van der Waals surface area contributed by atoms with Crippen LogP contribution in [-0.4, -0.2) is 63.5 Å². The van der Waals surface area contributed by atoms with Crippen LogP contribution in [0.1, 0.15) is 44.2 Å². The molecule has 0 aromatic heterocycles. The van der Waals surface area contributed by atoms with Gasteiger partial charge in [0.2, 0.25) is 17.7 Å². The minimum absolute atomic E-state index is 0.0193. The van der Waals surface area contributed by atoms with Gasteiger partial charge in [0.05, 0.1) is 29.2 Å². The van der Waals surface area contributed by atoms with Gasteiger partial charge in [-0.25, -0.2) is 0 Å². The zero-order valence-electron chi connectivity index (χ0n) is 20.1. The maximum absolute atomic E-state index is 14.0. The molecule has 1 aromatic rings. The zero-order valence-corrected chi connectivity index (χ0v) is 20.9. The molecule has 33 heavy (non-hydrogen) atoms. The Morgan fingerprint density at radius 3 is 2.67 bits per heavy atom. The lowest BCUT2D eigenvalue weighted by atomic mass is 9.70. The van der Waals surface area contributed by atoms with Crippen LogP contribution in [-0.2, 0) is 14.4 Å². The summed E-state index contributed by atoms with van der Waals surface area (Å²) in [6, 6.07) is 4.70. The number of thioether (sulfide) groups is 1. The van der Waals surface area contributed by atoms with Crippen LogP contribution in [0.2, 0.25) is 0 Å². The summed E-state index contributed by atoms with van der Waals surface area (Å²) in [5, 5.41) is 16.2. The van der Waals surface area contributed by atoms with E-state index in [9.17, 15) is 19.5 Å². The molecule has 3 amide bonds. The number of hydrogen-bond acceptors (Lipinski definition) is 5. The Labute approximate surface area is 200 Å². The molecule has 1 spiro atoms. The number of aliphatic hydroxyl groups excluding tert-OH is 1. The molecule has 3 saturated heterocycles. The molecule has 7 atom stereocenters. The second-order valence-electron chi connectivity index (χ2n) is 9.86. The first-order valence-electron chi connectivity index (χ1n) is 11.9. The molecule has 8 heteroatoms. The second kappa shape index (κ2) is 8.95. The van der Waals surface area contributed by atoms with Crippen molar-refractivity contribution in [2.45, 2.75) is 69.0 Å². The number of hydrogen-bond donors (Lipinski definition) is 3. The summed E-state index contributed by atoms with van der Waals surface area (Å²) in [6.07, 6.45) is 2.29. The van der Waals surface area contributed by atoms with Gasteiger partial charge in [-0.05, 0) is 49.8 Å². The van der Waals surface area contributed by atoms with E-state index in [-0.39, 0.29) is 35.5 Å². The van der Waals surface area contributed by atoms with Crippen LogP contribution in [0.15, 0.2) is 18.2 Å². The molecule has 3 heterocycles. The number of anilines is 1. The summed E-state index contributed by atoms with van der Waals surface area (Å²) >= 11 is 1.64. The van der Waals surface area contributed by atoms with Crippen molar-refractivity contribution in [3.63, 3.8) is 0 Å². The van der Waals surface area contributed by atoms with Gasteiger partial charge in [0.25, 0.3) is 0 Å². The van der Waals surface area contributed by atoms with Gasteiger partial charge < -0.3 is 20.6 Å². The van der Waals surface area contributed by atoms with E-state index in [2.05, 4.69) is 10.6 Å². The van der Waals surface area contributed by atoms with E-state index in [0.29, 0.717) is 6.42 Å². The molecule has 0 radical (unpaired) electrons. The molecule has 3 N–H and O–H groups in total. The topological polar surface area (TPSA) is 98.7 Å². The zero-order chi connectivity index (χ0) is 24.1. The number of likely N-dealkylation sites (tertiary alicyclic amines) is 1. The van der Waals surface area contributed by atoms with Crippen molar-refractivity contribution in [2.75, 3.05) is 19.0 Å². The van der Waals surface area contributed by atoms with Crippen LogP contribution in [0.3, 0.4) is 0 Å². The highest BCUT2D eigenvalue weighted by molar-refractivity contribution is 8.02. The molecule has 4 rings (SSSR count). The number of carbonyl (C=O) groups excluding carboxylic acids is 3. The lowest BCUT2D eigenvalue weighted by molar-refractivity contribution is -0.143. The van der Waals surface area contributed by atoms with Crippen LogP contribution in [0, 0.1) is 31.6 Å². The number of nitrogens with zero attached hydrogens (tertiary/aromatic N) is 1. The minimum atomic E-state index is -0.731. The maximum Gasteiger partial charge on any atom is 0.248 e. The SMILES string of the molecule is CC[C@H](C)[C@H](CO)N1C(=O)[C@@H]2[C@@H](C(=O)NC)[C@H]3CCC2(S3)C1C(=O)Nc1cc(C)ccc1C. The third-order valence-electron chi connectivity index (χ3n) is 8.03. The van der Waals surface area contributed by atoms with E-state index in [1.165, 1.54) is 0 Å². The first-order valence-corrected chi connectivity index (χ1v) is 12.8. The van der Waals surface area contributed by atoms with Crippen LogP contribution >= 0.6 is 11.8 Å². The minimum Gasteiger partial charge on any atom is -0.394 e. The summed E-state index contributed by atoms with van der Waals surface area (Å²) in [5.74, 6) is -1.50. The van der Waals surface area contributed by atoms with Gasteiger partial charge in [-0.3, -0.25) is 14.4 Å². The third-order valence-corrected chi connectivity index (χ3v) is 9.98. The molecule has 3 aliphatic heterocycles. The van der Waals surface area contributed by atoms with E-state index in [4.69, 9.17) is 0 Å². The largest absolute Gasteiger partial charge is 0.394 e. The number of benzene rings is 1. The molecule has 3 fully saturated rings. The average molecular weight is 474 g/mol. The average Bonchev–Trinajstić information content (AvgIpc) is 3.44. The second-order valence-corrected chi connectivity index (χ2v) is 11.5. The summed E-state index contributed by atoms with van der Waals surface area (Å²) in [6.45, 7) is 7.73. The molecular weight excluding hydrogens is 438 g/mol. The van der Waals surface area contributed by atoms with Gasteiger partial charge in [0.1, 0.15) is 6.04 Å². The number of fused-ring (bicyclic) bond motifs is 1. The fourth-order valence-corrected chi connectivity index (χ4v) is 8.31. The number of rotatable bonds is 7. The summed E-state index contributed by atoms with van der Waals surface area (Å²) in [5.41, 5.74) is 2.72. The monoisotopic (exact) mass is 473 g/mol. The standard InChI is InChI=1S/C25H35N3O4S/c1-6-14(3)17(12-29)28-21(23(31)27-16-11-13(2)7-8-15(16)4)25-10-9-18(33-25)19(22(30)26-5)20(25)24(28)32/h7-8,11,14,17-21,29H,6,9-10,12H2,1-5H3,(H,26,30)(H,27,31)/t14-,17-,18+,19-,20-,21?,25?/m0/s1. The Balaban J connectivity index is 1.78. The molecular formula is C25H35N3O4S. The van der Waals surface area contributed by atoms with Crippen molar-refractivity contribution in [2.24, 2.45) is 17.8 Å². The van der Waals surface area contributed by atoms with Crippen molar-refractivity contribution >= 4 is 35.2 Å². The number of aryl methyl sites for hydroxylation is 2. The van der Waals surface area contributed by atoms with Gasteiger partial charge in [-0.15, -0.1) is 11.8 Å². The van der Waals surface area contributed by atoms with Gasteiger partial charge in [0.15, 0.2) is 0 Å². The van der Waals surface area contributed by atoms with Crippen molar-refractivity contribution in [3.8, 4) is 0 Å². The van der Waals surface area contributed by atoms with E-state index < -0.39 is 28.7 Å². The lowest BCUT2D eigenvalue weighted by Crippen LogP contribution is -2.56. The van der Waals surface area contributed by atoms with E-state index in [0.717, 1.165) is 29.7 Å². The molecule has 0 saturated carbocycles. The molecule has 2 bridgehead atoms. The fraction of sp³-hybridized carbons (Fsp3) is 0.640. The Bertz CT molecular complexity index is 969. The quantitative estimate of drug-likeness (QED) is 0.565. The number of amides is 3. The molecule has 180 valence electrons. The molecule has 7 nitrogen and oxygen atoms in total.